The van der Waals surface area contributed by atoms with E-state index < -0.39 is 19.8 Å². The lowest BCUT2D eigenvalue weighted by molar-refractivity contribution is -0.116. The van der Waals surface area contributed by atoms with Gasteiger partial charge in [0.25, 0.3) is 0 Å². The summed E-state index contributed by atoms with van der Waals surface area (Å²) in [6, 6.07) is 16.1. The van der Waals surface area contributed by atoms with Crippen LogP contribution in [0.2, 0.25) is 0 Å². The maximum atomic E-state index is 11.9. The van der Waals surface area contributed by atoms with Gasteiger partial charge in [-0.2, -0.15) is 0 Å². The molecule has 2 rings (SSSR count). The van der Waals surface area contributed by atoms with Gasteiger partial charge in [-0.3, -0.25) is 4.79 Å². The minimum absolute atomic E-state index is 0.181. The Bertz CT molecular complexity index is 673. The smallest absolute Gasteiger partial charge is 0.307 e. The van der Waals surface area contributed by atoms with E-state index in [1.54, 1.807) is 24.3 Å². The zero-order valence-corrected chi connectivity index (χ0v) is 13.1. The Balaban J connectivity index is 2.42. The minimum atomic E-state index is -3.64. The number of carbonyl (C=O) groups excluding carboxylic acids is 1. The predicted octanol–water partition coefficient (Wildman–Crippen LogP) is 3.61. The zero-order valence-electron chi connectivity index (χ0n) is 11.0. The topological polar surface area (TPSA) is 54.5 Å². The van der Waals surface area contributed by atoms with Crippen LogP contribution in [0.1, 0.15) is 12.5 Å². The van der Waals surface area contributed by atoms with E-state index in [9.17, 15) is 10.9 Å². The first kappa shape index (κ1) is 14.6. The summed E-state index contributed by atoms with van der Waals surface area (Å²) >= 11 is -3.64. The van der Waals surface area contributed by atoms with Gasteiger partial charge in [-0.05, 0) is 17.7 Å². The van der Waals surface area contributed by atoms with Crippen LogP contribution in [-0.4, -0.2) is 5.91 Å². The highest BCUT2D eigenvalue weighted by Crippen LogP contribution is 2.29. The SMILES string of the molecule is CC(=O)N(Cc1ccccc1)c1ccccc1I(=O)=O. The third-order valence-corrected chi connectivity index (χ3v) is 4.73. The third-order valence-electron chi connectivity index (χ3n) is 2.87. The summed E-state index contributed by atoms with van der Waals surface area (Å²) in [6.45, 7) is 1.80. The highest BCUT2D eigenvalue weighted by Gasteiger charge is 2.17. The molecule has 0 fully saturated rings. The summed E-state index contributed by atoms with van der Waals surface area (Å²) in [4.78, 5) is 13.4. The molecule has 0 unspecified atom stereocenters. The van der Waals surface area contributed by atoms with Crippen molar-refractivity contribution in [3.63, 3.8) is 0 Å². The van der Waals surface area contributed by atoms with E-state index in [1.807, 2.05) is 30.3 Å². The van der Waals surface area contributed by atoms with Crippen LogP contribution in [0.5, 0.6) is 0 Å². The Morgan fingerprint density at radius 2 is 1.60 bits per heavy atom. The van der Waals surface area contributed by atoms with E-state index in [2.05, 4.69) is 0 Å². The van der Waals surface area contributed by atoms with Gasteiger partial charge in [-0.1, -0.05) is 42.5 Å². The van der Waals surface area contributed by atoms with Crippen LogP contribution in [0.15, 0.2) is 54.6 Å². The van der Waals surface area contributed by atoms with Gasteiger partial charge in [-0.15, -0.1) is 0 Å². The molecule has 0 bridgehead atoms. The molecule has 20 heavy (non-hydrogen) atoms. The fourth-order valence-electron chi connectivity index (χ4n) is 1.93. The lowest BCUT2D eigenvalue weighted by Crippen LogP contribution is -2.28. The van der Waals surface area contributed by atoms with E-state index in [4.69, 9.17) is 0 Å². The van der Waals surface area contributed by atoms with Gasteiger partial charge >= 0.3 is 19.8 Å². The molecule has 0 radical (unpaired) electrons. The highest BCUT2D eigenvalue weighted by atomic mass is 127. The average Bonchev–Trinajstić information content (AvgIpc) is 2.45. The van der Waals surface area contributed by atoms with Gasteiger partial charge in [0.1, 0.15) is 3.57 Å². The number of anilines is 1. The van der Waals surface area contributed by atoms with Crippen LogP contribution in [0, 0.1) is 3.57 Å². The quantitative estimate of drug-likeness (QED) is 0.759. The van der Waals surface area contributed by atoms with E-state index >= 15 is 0 Å². The molecule has 0 aliphatic carbocycles. The predicted molar refractivity (Wildman–Crippen MR) is 83.8 cm³/mol. The van der Waals surface area contributed by atoms with E-state index in [0.717, 1.165) is 5.56 Å². The summed E-state index contributed by atoms with van der Waals surface area (Å²) in [6.07, 6.45) is 0. The molecule has 0 N–H and O–H groups in total. The summed E-state index contributed by atoms with van der Waals surface area (Å²) in [5.74, 6) is -0.181. The second kappa shape index (κ2) is 6.60. The van der Waals surface area contributed by atoms with Crippen LogP contribution in [0.3, 0.4) is 0 Å². The standard InChI is InChI=1S/C15H14INO3/c1-12(18)17(11-13-7-3-2-4-8-13)15-10-6-5-9-14(15)16(19)20/h2-10H,11H2,1H3. The van der Waals surface area contributed by atoms with Crippen molar-refractivity contribution in [3.05, 3.63) is 63.7 Å². The van der Waals surface area contributed by atoms with Crippen molar-refractivity contribution in [2.24, 2.45) is 0 Å². The molecule has 1 amide bonds. The number of halogens is 1. The first-order valence-electron chi connectivity index (χ1n) is 6.06. The Hall–Kier alpha value is -1.76. The molecule has 0 heterocycles. The number of nitrogens with zero attached hydrogens (tertiary/aromatic N) is 1. The molecule has 2 aromatic rings. The van der Waals surface area contributed by atoms with Gasteiger partial charge in [0, 0.05) is 6.92 Å². The molecule has 104 valence electrons. The molecule has 4 nitrogen and oxygen atoms in total. The molecule has 0 atom stereocenters. The van der Waals surface area contributed by atoms with Gasteiger partial charge in [0.05, 0.1) is 12.2 Å². The number of hydrogen-bond acceptors (Lipinski definition) is 3. The number of hydrogen-bond donors (Lipinski definition) is 0. The van der Waals surface area contributed by atoms with Crippen molar-refractivity contribution < 1.29 is 10.9 Å². The Morgan fingerprint density at radius 3 is 2.20 bits per heavy atom. The molecule has 2 aromatic carbocycles. The molecule has 0 saturated heterocycles. The molecule has 0 spiro atoms. The molecule has 0 aliphatic heterocycles. The van der Waals surface area contributed by atoms with E-state index in [0.29, 0.717) is 12.2 Å². The lowest BCUT2D eigenvalue weighted by atomic mass is 10.2. The second-order valence-corrected chi connectivity index (χ2v) is 6.66. The maximum absolute atomic E-state index is 11.9. The normalized spacial score (nSPS) is 10.5. The maximum Gasteiger partial charge on any atom is 0.342 e. The minimum Gasteiger partial charge on any atom is -0.307 e. The largest absolute Gasteiger partial charge is 0.342 e. The fourth-order valence-corrected chi connectivity index (χ4v) is 3.36. The van der Waals surface area contributed by atoms with Gasteiger partial charge in [-0.25, -0.2) is 6.14 Å². The summed E-state index contributed by atoms with van der Waals surface area (Å²) in [5, 5.41) is 0. The summed E-state index contributed by atoms with van der Waals surface area (Å²) in [5.41, 5.74) is 1.41. The van der Waals surface area contributed by atoms with E-state index in [1.165, 1.54) is 11.8 Å². The average molecular weight is 383 g/mol. The summed E-state index contributed by atoms with van der Waals surface area (Å²) in [7, 11) is 0. The fraction of sp³-hybridized carbons (Fsp3) is 0.133. The van der Waals surface area contributed by atoms with Gasteiger partial charge in [0.2, 0.25) is 5.91 Å². The Labute approximate surface area is 124 Å². The van der Waals surface area contributed by atoms with Gasteiger partial charge in [0.15, 0.2) is 0 Å². The number of carbonyl (C=O) groups is 1. The van der Waals surface area contributed by atoms with Crippen molar-refractivity contribution in [2.75, 3.05) is 4.90 Å². The van der Waals surface area contributed by atoms with Crippen LogP contribution in [0.25, 0.3) is 0 Å². The zero-order chi connectivity index (χ0) is 14.5. The second-order valence-electron chi connectivity index (χ2n) is 4.26. The highest BCUT2D eigenvalue weighted by molar-refractivity contribution is 14.2. The number of benzene rings is 2. The first-order valence-corrected chi connectivity index (χ1v) is 8.90. The van der Waals surface area contributed by atoms with Crippen molar-refractivity contribution >= 4 is 31.4 Å². The molecule has 0 aromatic heterocycles. The van der Waals surface area contributed by atoms with Crippen molar-refractivity contribution in [3.8, 4) is 0 Å². The molecule has 0 saturated carbocycles. The van der Waals surface area contributed by atoms with Crippen molar-refractivity contribution in [1.29, 1.82) is 0 Å². The van der Waals surface area contributed by atoms with Crippen LogP contribution < -0.4 is 4.90 Å². The van der Waals surface area contributed by atoms with Crippen LogP contribution >= 0.6 is 19.8 Å². The monoisotopic (exact) mass is 383 g/mol. The van der Waals surface area contributed by atoms with Crippen LogP contribution in [-0.2, 0) is 17.5 Å². The third kappa shape index (κ3) is 3.41. The van der Waals surface area contributed by atoms with Crippen molar-refractivity contribution in [2.45, 2.75) is 13.5 Å². The lowest BCUT2D eigenvalue weighted by Gasteiger charge is -2.22. The molecule has 5 heteroatoms. The summed E-state index contributed by atoms with van der Waals surface area (Å²) < 4.78 is 23.0. The Kier molecular flexibility index (Phi) is 4.84. The Morgan fingerprint density at radius 1 is 1.00 bits per heavy atom. The number of amides is 1. The first-order chi connectivity index (χ1) is 9.59. The van der Waals surface area contributed by atoms with Crippen LogP contribution in [0.4, 0.5) is 5.69 Å². The molecular weight excluding hydrogens is 369 g/mol. The molecule has 0 aliphatic rings. The molecular formula is C15H14INO3. The van der Waals surface area contributed by atoms with E-state index in [-0.39, 0.29) is 9.48 Å². The number of rotatable bonds is 4. The van der Waals surface area contributed by atoms with Gasteiger partial charge < -0.3 is 4.90 Å². The number of para-hydroxylation sites is 1. The van der Waals surface area contributed by atoms with Crippen molar-refractivity contribution in [1.82, 2.24) is 0 Å².